The van der Waals surface area contributed by atoms with Crippen LogP contribution in [0.15, 0.2) is 5.38 Å². The molecule has 0 saturated carbocycles. The van der Waals surface area contributed by atoms with Crippen molar-refractivity contribution in [3.05, 3.63) is 16.1 Å². The molecular weight excluding hydrogens is 182 g/mol. The molecule has 0 aromatic carbocycles. The molecule has 0 aliphatic carbocycles. The number of hydrogen-bond acceptors (Lipinski definition) is 3. The standard InChI is InChI=1S/C10H17NOS/c1-4-5-8-7-13-9(11-8)6-10(2,3)12/h7,12H,4-6H2,1-3H3. The van der Waals surface area contributed by atoms with Gasteiger partial charge >= 0.3 is 0 Å². The van der Waals surface area contributed by atoms with Crippen LogP contribution in [0.2, 0.25) is 0 Å². The second-order valence-electron chi connectivity index (χ2n) is 3.97. The molecule has 1 rings (SSSR count). The molecule has 74 valence electrons. The van der Waals surface area contributed by atoms with Gasteiger partial charge in [-0.1, -0.05) is 13.3 Å². The van der Waals surface area contributed by atoms with E-state index in [-0.39, 0.29) is 0 Å². The summed E-state index contributed by atoms with van der Waals surface area (Å²) in [5, 5.41) is 12.7. The summed E-state index contributed by atoms with van der Waals surface area (Å²) in [4.78, 5) is 4.44. The normalized spacial score (nSPS) is 12.0. The quantitative estimate of drug-likeness (QED) is 0.807. The van der Waals surface area contributed by atoms with Gasteiger partial charge in [-0.3, -0.25) is 0 Å². The molecule has 0 amide bonds. The van der Waals surface area contributed by atoms with E-state index in [1.165, 1.54) is 0 Å². The Morgan fingerprint density at radius 3 is 2.77 bits per heavy atom. The third-order valence-electron chi connectivity index (χ3n) is 1.69. The van der Waals surface area contributed by atoms with Gasteiger partial charge in [0.2, 0.25) is 0 Å². The highest BCUT2D eigenvalue weighted by molar-refractivity contribution is 7.09. The van der Waals surface area contributed by atoms with Gasteiger partial charge in [-0.25, -0.2) is 4.98 Å². The van der Waals surface area contributed by atoms with Crippen LogP contribution < -0.4 is 0 Å². The molecule has 2 nitrogen and oxygen atoms in total. The molecule has 13 heavy (non-hydrogen) atoms. The van der Waals surface area contributed by atoms with E-state index in [4.69, 9.17) is 0 Å². The maximum atomic E-state index is 9.58. The van der Waals surface area contributed by atoms with Crippen LogP contribution in [0.5, 0.6) is 0 Å². The van der Waals surface area contributed by atoms with Crippen LogP contribution in [-0.2, 0) is 12.8 Å². The van der Waals surface area contributed by atoms with Gasteiger partial charge < -0.3 is 5.11 Å². The summed E-state index contributed by atoms with van der Waals surface area (Å²) in [5.41, 5.74) is 0.521. The summed E-state index contributed by atoms with van der Waals surface area (Å²) < 4.78 is 0. The van der Waals surface area contributed by atoms with Crippen molar-refractivity contribution in [1.29, 1.82) is 0 Å². The van der Waals surface area contributed by atoms with Crippen molar-refractivity contribution >= 4 is 11.3 Å². The number of thiazole rings is 1. The molecule has 0 saturated heterocycles. The summed E-state index contributed by atoms with van der Waals surface area (Å²) in [6.45, 7) is 5.77. The lowest BCUT2D eigenvalue weighted by molar-refractivity contribution is 0.0809. The van der Waals surface area contributed by atoms with Gasteiger partial charge in [-0.05, 0) is 20.3 Å². The van der Waals surface area contributed by atoms with Crippen molar-refractivity contribution in [2.24, 2.45) is 0 Å². The Kier molecular flexibility index (Phi) is 3.45. The Hall–Kier alpha value is -0.410. The van der Waals surface area contributed by atoms with Crippen LogP contribution in [0.4, 0.5) is 0 Å². The Bertz CT molecular complexity index is 262. The van der Waals surface area contributed by atoms with Crippen molar-refractivity contribution in [3.63, 3.8) is 0 Å². The summed E-state index contributed by atoms with van der Waals surface area (Å²) in [6.07, 6.45) is 2.83. The number of aliphatic hydroxyl groups is 1. The molecule has 1 aromatic rings. The predicted octanol–water partition coefficient (Wildman–Crippen LogP) is 2.41. The Balaban J connectivity index is 2.59. The Morgan fingerprint density at radius 2 is 2.23 bits per heavy atom. The molecule has 0 aliphatic heterocycles. The average molecular weight is 199 g/mol. The van der Waals surface area contributed by atoms with E-state index < -0.39 is 5.60 Å². The third kappa shape index (κ3) is 3.87. The Morgan fingerprint density at radius 1 is 1.54 bits per heavy atom. The van der Waals surface area contributed by atoms with Gasteiger partial charge in [0.25, 0.3) is 0 Å². The smallest absolute Gasteiger partial charge is 0.0956 e. The molecule has 0 radical (unpaired) electrons. The monoisotopic (exact) mass is 199 g/mol. The van der Waals surface area contributed by atoms with E-state index in [0.717, 1.165) is 23.5 Å². The van der Waals surface area contributed by atoms with E-state index in [1.54, 1.807) is 11.3 Å². The molecule has 1 heterocycles. The minimum atomic E-state index is -0.638. The van der Waals surface area contributed by atoms with Gasteiger partial charge in [0.15, 0.2) is 0 Å². The molecule has 0 atom stereocenters. The maximum absolute atomic E-state index is 9.58. The molecule has 0 bridgehead atoms. The van der Waals surface area contributed by atoms with E-state index >= 15 is 0 Å². The van der Waals surface area contributed by atoms with Gasteiger partial charge in [0.1, 0.15) is 0 Å². The van der Waals surface area contributed by atoms with Crippen molar-refractivity contribution in [2.75, 3.05) is 0 Å². The Labute approximate surface area is 83.6 Å². The van der Waals surface area contributed by atoms with Crippen LogP contribution >= 0.6 is 11.3 Å². The molecule has 1 aromatic heterocycles. The van der Waals surface area contributed by atoms with Gasteiger partial charge in [-0.2, -0.15) is 0 Å². The van der Waals surface area contributed by atoms with Crippen molar-refractivity contribution < 1.29 is 5.11 Å². The minimum Gasteiger partial charge on any atom is -0.390 e. The van der Waals surface area contributed by atoms with Crippen LogP contribution in [-0.4, -0.2) is 15.7 Å². The van der Waals surface area contributed by atoms with Crippen LogP contribution in [0.1, 0.15) is 37.9 Å². The number of nitrogens with zero attached hydrogens (tertiary/aromatic N) is 1. The molecule has 1 N–H and O–H groups in total. The SMILES string of the molecule is CCCc1csc(CC(C)(C)O)n1. The number of hydrogen-bond donors (Lipinski definition) is 1. The minimum absolute atomic E-state index is 0.638. The summed E-state index contributed by atoms with van der Waals surface area (Å²) in [7, 11) is 0. The van der Waals surface area contributed by atoms with Crippen molar-refractivity contribution in [2.45, 2.75) is 45.6 Å². The lowest BCUT2D eigenvalue weighted by Crippen LogP contribution is -2.21. The van der Waals surface area contributed by atoms with Gasteiger partial charge in [-0.15, -0.1) is 11.3 Å². The first-order valence-electron chi connectivity index (χ1n) is 4.67. The van der Waals surface area contributed by atoms with Crippen molar-refractivity contribution in [1.82, 2.24) is 4.98 Å². The molecular formula is C10H17NOS. The van der Waals surface area contributed by atoms with Gasteiger partial charge in [0.05, 0.1) is 16.3 Å². The summed E-state index contributed by atoms with van der Waals surface area (Å²) in [5.74, 6) is 0. The highest BCUT2D eigenvalue weighted by atomic mass is 32.1. The van der Waals surface area contributed by atoms with Crippen LogP contribution in [0, 0.1) is 0 Å². The summed E-state index contributed by atoms with van der Waals surface area (Å²) in [6, 6.07) is 0. The van der Waals surface area contributed by atoms with E-state index in [1.807, 2.05) is 13.8 Å². The fourth-order valence-corrected chi connectivity index (χ4v) is 2.22. The predicted molar refractivity (Wildman–Crippen MR) is 56.1 cm³/mol. The molecule has 0 aliphatic rings. The zero-order chi connectivity index (χ0) is 9.90. The fraction of sp³-hybridized carbons (Fsp3) is 0.700. The first kappa shape index (κ1) is 10.7. The second kappa shape index (κ2) is 4.20. The largest absolute Gasteiger partial charge is 0.390 e. The average Bonchev–Trinajstić information content (AvgIpc) is 2.33. The van der Waals surface area contributed by atoms with E-state index in [0.29, 0.717) is 6.42 Å². The topological polar surface area (TPSA) is 33.1 Å². The second-order valence-corrected chi connectivity index (χ2v) is 4.91. The number of rotatable bonds is 4. The summed E-state index contributed by atoms with van der Waals surface area (Å²) >= 11 is 1.65. The zero-order valence-corrected chi connectivity index (χ0v) is 9.32. The zero-order valence-electron chi connectivity index (χ0n) is 8.50. The van der Waals surface area contributed by atoms with Crippen LogP contribution in [0.3, 0.4) is 0 Å². The van der Waals surface area contributed by atoms with Crippen LogP contribution in [0.25, 0.3) is 0 Å². The lowest BCUT2D eigenvalue weighted by Gasteiger charge is -2.14. The highest BCUT2D eigenvalue weighted by Gasteiger charge is 2.15. The first-order valence-corrected chi connectivity index (χ1v) is 5.55. The third-order valence-corrected chi connectivity index (χ3v) is 2.59. The van der Waals surface area contributed by atoms with E-state index in [9.17, 15) is 5.11 Å². The maximum Gasteiger partial charge on any atom is 0.0956 e. The molecule has 0 unspecified atom stereocenters. The van der Waals surface area contributed by atoms with Gasteiger partial charge in [0, 0.05) is 11.8 Å². The lowest BCUT2D eigenvalue weighted by atomic mass is 10.1. The highest BCUT2D eigenvalue weighted by Crippen LogP contribution is 2.17. The number of aryl methyl sites for hydroxylation is 1. The molecule has 0 fully saturated rings. The molecule has 0 spiro atoms. The van der Waals surface area contributed by atoms with Crippen molar-refractivity contribution in [3.8, 4) is 0 Å². The van der Waals surface area contributed by atoms with E-state index in [2.05, 4.69) is 17.3 Å². The molecule has 3 heteroatoms. The first-order chi connectivity index (χ1) is 6.01. The fourth-order valence-electron chi connectivity index (χ4n) is 1.17. The number of aromatic nitrogens is 1.